The van der Waals surface area contributed by atoms with Gasteiger partial charge in [0.1, 0.15) is 25.9 Å². The molecule has 34 heavy (non-hydrogen) atoms. The predicted octanol–water partition coefficient (Wildman–Crippen LogP) is 4.75. The van der Waals surface area contributed by atoms with Crippen molar-refractivity contribution in [3.63, 3.8) is 0 Å². The monoisotopic (exact) mass is 463 g/mol. The Morgan fingerprint density at radius 1 is 0.853 bits per heavy atom. The van der Waals surface area contributed by atoms with Crippen molar-refractivity contribution < 1.29 is 24.1 Å². The second-order valence-electron chi connectivity index (χ2n) is 9.09. The lowest BCUT2D eigenvalue weighted by molar-refractivity contribution is 0.0247. The molecule has 3 aromatic carbocycles. The normalized spacial score (nSPS) is 12.1. The first kappa shape index (κ1) is 25.3. The van der Waals surface area contributed by atoms with Gasteiger partial charge >= 0.3 is 5.97 Å². The minimum absolute atomic E-state index is 0.103. The number of esters is 1. The number of hydrogen-bond donors (Lipinski definition) is 2. The lowest BCUT2D eigenvalue weighted by Gasteiger charge is -2.22. The second kappa shape index (κ2) is 12.2. The van der Waals surface area contributed by atoms with Gasteiger partial charge in [0.15, 0.2) is 11.5 Å². The van der Waals surface area contributed by atoms with Crippen LogP contribution in [0.15, 0.2) is 78.9 Å². The summed E-state index contributed by atoms with van der Waals surface area (Å²) in [6, 6.07) is 24.6. The molecular formula is C28H33NO5. The number of nitrogens with one attached hydrogen (secondary N) is 1. The standard InChI is InChI=1S/C28H33NO5/c1-28(2,3)29-17-24(30)20-34-27(31)23-14-15-25(32-18-21-10-6-4-7-11-21)26(16-23)33-19-22-12-8-5-9-13-22/h4-16,24,29-30H,17-20H2,1-3H3. The first-order valence-electron chi connectivity index (χ1n) is 11.4. The van der Waals surface area contributed by atoms with E-state index in [9.17, 15) is 9.90 Å². The fourth-order valence-electron chi connectivity index (χ4n) is 3.08. The molecule has 0 radical (unpaired) electrons. The summed E-state index contributed by atoms with van der Waals surface area (Å²) in [5, 5.41) is 13.3. The van der Waals surface area contributed by atoms with Crippen LogP contribution < -0.4 is 14.8 Å². The van der Waals surface area contributed by atoms with E-state index in [-0.39, 0.29) is 12.1 Å². The number of hydrogen-bond acceptors (Lipinski definition) is 6. The number of rotatable bonds is 11. The van der Waals surface area contributed by atoms with Crippen LogP contribution in [-0.4, -0.2) is 35.9 Å². The molecule has 0 bridgehead atoms. The Morgan fingerprint density at radius 2 is 1.41 bits per heavy atom. The molecule has 0 fully saturated rings. The van der Waals surface area contributed by atoms with E-state index in [0.717, 1.165) is 11.1 Å². The summed E-state index contributed by atoms with van der Waals surface area (Å²) in [6.07, 6.45) is -0.801. The van der Waals surface area contributed by atoms with E-state index in [1.54, 1.807) is 18.2 Å². The maximum absolute atomic E-state index is 12.6. The third-order valence-electron chi connectivity index (χ3n) is 4.93. The summed E-state index contributed by atoms with van der Waals surface area (Å²) in [5.74, 6) is 0.448. The van der Waals surface area contributed by atoms with Crippen molar-refractivity contribution in [1.82, 2.24) is 5.32 Å². The maximum atomic E-state index is 12.6. The van der Waals surface area contributed by atoms with Gasteiger partial charge in [0, 0.05) is 12.1 Å². The largest absolute Gasteiger partial charge is 0.485 e. The zero-order chi connectivity index (χ0) is 24.4. The van der Waals surface area contributed by atoms with E-state index in [1.807, 2.05) is 81.4 Å². The fraction of sp³-hybridized carbons (Fsp3) is 0.321. The molecule has 0 heterocycles. The Morgan fingerprint density at radius 3 is 1.97 bits per heavy atom. The van der Waals surface area contributed by atoms with Crippen LogP contribution in [0, 0.1) is 0 Å². The smallest absolute Gasteiger partial charge is 0.338 e. The third-order valence-corrected chi connectivity index (χ3v) is 4.93. The van der Waals surface area contributed by atoms with Gasteiger partial charge < -0.3 is 24.6 Å². The number of ether oxygens (including phenoxy) is 3. The number of aliphatic hydroxyl groups is 1. The molecular weight excluding hydrogens is 430 g/mol. The van der Waals surface area contributed by atoms with Gasteiger partial charge in [-0.2, -0.15) is 0 Å². The number of carbonyl (C=O) groups is 1. The summed E-state index contributed by atoms with van der Waals surface area (Å²) in [5.41, 5.74) is 2.22. The van der Waals surface area contributed by atoms with Crippen LogP contribution in [-0.2, 0) is 18.0 Å². The van der Waals surface area contributed by atoms with Gasteiger partial charge in [-0.3, -0.25) is 0 Å². The van der Waals surface area contributed by atoms with Gasteiger partial charge in [0.25, 0.3) is 0 Å². The highest BCUT2D eigenvalue weighted by atomic mass is 16.5. The summed E-state index contributed by atoms with van der Waals surface area (Å²) < 4.78 is 17.3. The Hall–Kier alpha value is -3.35. The first-order valence-corrected chi connectivity index (χ1v) is 11.4. The van der Waals surface area contributed by atoms with Gasteiger partial charge in [0.05, 0.1) is 5.56 Å². The molecule has 0 aromatic heterocycles. The summed E-state index contributed by atoms with van der Waals surface area (Å²) in [4.78, 5) is 12.6. The number of carbonyl (C=O) groups excluding carboxylic acids is 1. The lowest BCUT2D eigenvalue weighted by Crippen LogP contribution is -2.42. The minimum atomic E-state index is -0.801. The highest BCUT2D eigenvalue weighted by molar-refractivity contribution is 5.90. The fourth-order valence-corrected chi connectivity index (χ4v) is 3.08. The van der Waals surface area contributed by atoms with Gasteiger partial charge in [0.2, 0.25) is 0 Å². The Balaban J connectivity index is 1.67. The molecule has 0 saturated carbocycles. The van der Waals surface area contributed by atoms with Gasteiger partial charge in [-0.05, 0) is 50.1 Å². The minimum Gasteiger partial charge on any atom is -0.485 e. The molecule has 0 saturated heterocycles. The first-order chi connectivity index (χ1) is 16.3. The van der Waals surface area contributed by atoms with Crippen molar-refractivity contribution in [2.75, 3.05) is 13.2 Å². The van der Waals surface area contributed by atoms with Gasteiger partial charge in [-0.25, -0.2) is 4.79 Å². The van der Waals surface area contributed by atoms with Crippen molar-refractivity contribution in [2.45, 2.75) is 45.6 Å². The van der Waals surface area contributed by atoms with Crippen molar-refractivity contribution in [2.24, 2.45) is 0 Å². The van der Waals surface area contributed by atoms with Crippen molar-refractivity contribution in [3.05, 3.63) is 95.6 Å². The molecule has 6 heteroatoms. The molecule has 3 rings (SSSR count). The highest BCUT2D eigenvalue weighted by Crippen LogP contribution is 2.30. The van der Waals surface area contributed by atoms with Gasteiger partial charge in [-0.1, -0.05) is 60.7 Å². The number of β-amino-alcohol motifs (C(OH)–C–C–N with tert-alkyl or cyclic N) is 1. The predicted molar refractivity (Wildman–Crippen MR) is 132 cm³/mol. The van der Waals surface area contributed by atoms with E-state index < -0.39 is 12.1 Å². The van der Waals surface area contributed by atoms with E-state index in [2.05, 4.69) is 5.32 Å². The van der Waals surface area contributed by atoms with Crippen molar-refractivity contribution >= 4 is 5.97 Å². The molecule has 180 valence electrons. The van der Waals surface area contributed by atoms with E-state index in [4.69, 9.17) is 14.2 Å². The molecule has 0 aliphatic carbocycles. The quantitative estimate of drug-likeness (QED) is 0.400. The molecule has 0 aliphatic rings. The third kappa shape index (κ3) is 8.54. The van der Waals surface area contributed by atoms with E-state index >= 15 is 0 Å². The maximum Gasteiger partial charge on any atom is 0.338 e. The van der Waals surface area contributed by atoms with Gasteiger partial charge in [-0.15, -0.1) is 0 Å². The second-order valence-corrected chi connectivity index (χ2v) is 9.09. The van der Waals surface area contributed by atoms with Crippen LogP contribution in [0.1, 0.15) is 42.3 Å². The lowest BCUT2D eigenvalue weighted by atomic mass is 10.1. The summed E-state index contributed by atoms with van der Waals surface area (Å²) >= 11 is 0. The van der Waals surface area contributed by atoms with Crippen LogP contribution >= 0.6 is 0 Å². The molecule has 6 nitrogen and oxygen atoms in total. The topological polar surface area (TPSA) is 77.0 Å². The molecule has 1 atom stereocenters. The highest BCUT2D eigenvalue weighted by Gasteiger charge is 2.17. The molecule has 0 amide bonds. The number of aliphatic hydroxyl groups excluding tert-OH is 1. The van der Waals surface area contributed by atoms with E-state index in [1.165, 1.54) is 0 Å². The molecule has 3 aromatic rings. The summed E-state index contributed by atoms with van der Waals surface area (Å²) in [6.45, 7) is 6.94. The molecule has 0 spiro atoms. The zero-order valence-electron chi connectivity index (χ0n) is 20.0. The van der Waals surface area contributed by atoms with Crippen molar-refractivity contribution in [3.8, 4) is 11.5 Å². The van der Waals surface area contributed by atoms with Crippen LogP contribution in [0.2, 0.25) is 0 Å². The van der Waals surface area contributed by atoms with Crippen LogP contribution in [0.5, 0.6) is 11.5 Å². The average molecular weight is 464 g/mol. The SMILES string of the molecule is CC(C)(C)NCC(O)COC(=O)c1ccc(OCc2ccccc2)c(OCc2ccccc2)c1. The Labute approximate surface area is 201 Å². The molecule has 2 N–H and O–H groups in total. The van der Waals surface area contributed by atoms with Crippen LogP contribution in [0.3, 0.4) is 0 Å². The van der Waals surface area contributed by atoms with E-state index in [0.29, 0.717) is 36.8 Å². The average Bonchev–Trinajstić information content (AvgIpc) is 2.84. The number of benzene rings is 3. The Bertz CT molecular complexity index is 1030. The van der Waals surface area contributed by atoms with Crippen LogP contribution in [0.4, 0.5) is 0 Å². The zero-order valence-corrected chi connectivity index (χ0v) is 20.0. The van der Waals surface area contributed by atoms with Crippen molar-refractivity contribution in [1.29, 1.82) is 0 Å². The molecule has 1 unspecified atom stereocenters. The Kier molecular flexibility index (Phi) is 9.08. The summed E-state index contributed by atoms with van der Waals surface area (Å²) in [7, 11) is 0. The van der Waals surface area contributed by atoms with Crippen LogP contribution in [0.25, 0.3) is 0 Å². The molecule has 0 aliphatic heterocycles.